The van der Waals surface area contributed by atoms with Crippen molar-refractivity contribution in [3.8, 4) is 5.75 Å². The van der Waals surface area contributed by atoms with Crippen molar-refractivity contribution in [3.63, 3.8) is 0 Å². The van der Waals surface area contributed by atoms with Gasteiger partial charge in [-0.3, -0.25) is 0 Å². The average Bonchev–Trinajstić information content (AvgIpc) is 3.19. The van der Waals surface area contributed by atoms with Crippen molar-refractivity contribution >= 4 is 0 Å². The third-order valence-corrected chi connectivity index (χ3v) is 4.72. The molecule has 2 atom stereocenters. The number of aromatic hydroxyl groups is 1. The first-order chi connectivity index (χ1) is 8.18. The normalized spacial score (nSPS) is 23.4. The van der Waals surface area contributed by atoms with Crippen molar-refractivity contribution in [2.75, 3.05) is 0 Å². The molecule has 2 unspecified atom stereocenters. The van der Waals surface area contributed by atoms with Crippen LogP contribution in [0.3, 0.4) is 0 Å². The molecule has 2 saturated carbocycles. The maximum absolute atomic E-state index is 10.2. The van der Waals surface area contributed by atoms with Gasteiger partial charge in [0.15, 0.2) is 0 Å². The third-order valence-electron chi connectivity index (χ3n) is 4.72. The Balaban J connectivity index is 1.97. The van der Waals surface area contributed by atoms with Crippen LogP contribution in [0.2, 0.25) is 0 Å². The largest absolute Gasteiger partial charge is 0.508 e. The van der Waals surface area contributed by atoms with Crippen LogP contribution in [0.1, 0.15) is 62.5 Å². The van der Waals surface area contributed by atoms with Gasteiger partial charge in [0.05, 0.1) is 0 Å². The topological polar surface area (TPSA) is 20.2 Å². The first-order valence-electron chi connectivity index (χ1n) is 7.00. The van der Waals surface area contributed by atoms with Gasteiger partial charge in [-0.15, -0.1) is 0 Å². The molecule has 1 heteroatoms. The van der Waals surface area contributed by atoms with E-state index < -0.39 is 0 Å². The number of hydrogen-bond donors (Lipinski definition) is 1. The molecule has 2 aliphatic carbocycles. The second-order valence-electron chi connectivity index (χ2n) is 6.03. The number of phenolic OH excluding ortho intramolecular Hbond substituents is 1. The summed E-state index contributed by atoms with van der Waals surface area (Å²) in [4.78, 5) is 0. The van der Waals surface area contributed by atoms with Gasteiger partial charge < -0.3 is 5.11 Å². The summed E-state index contributed by atoms with van der Waals surface area (Å²) < 4.78 is 0. The van der Waals surface area contributed by atoms with Gasteiger partial charge in [0.2, 0.25) is 0 Å². The minimum Gasteiger partial charge on any atom is -0.508 e. The van der Waals surface area contributed by atoms with Gasteiger partial charge in [-0.05, 0) is 61.0 Å². The summed E-state index contributed by atoms with van der Waals surface area (Å²) in [5.41, 5.74) is 2.65. The summed E-state index contributed by atoms with van der Waals surface area (Å²) in [7, 11) is 0. The van der Waals surface area contributed by atoms with Gasteiger partial charge in [-0.1, -0.05) is 26.0 Å². The van der Waals surface area contributed by atoms with Crippen LogP contribution in [0.4, 0.5) is 0 Å². The van der Waals surface area contributed by atoms with E-state index in [2.05, 4.69) is 19.9 Å². The van der Waals surface area contributed by atoms with Crippen molar-refractivity contribution < 1.29 is 5.11 Å². The Kier molecular flexibility index (Phi) is 2.65. The number of phenols is 1. The molecule has 2 fully saturated rings. The molecule has 0 aromatic heterocycles. The van der Waals surface area contributed by atoms with Crippen LogP contribution in [-0.2, 0) is 0 Å². The van der Waals surface area contributed by atoms with Gasteiger partial charge in [0, 0.05) is 5.56 Å². The monoisotopic (exact) mass is 230 g/mol. The van der Waals surface area contributed by atoms with E-state index in [1.165, 1.54) is 36.8 Å². The van der Waals surface area contributed by atoms with E-state index in [1.807, 2.05) is 12.1 Å². The van der Waals surface area contributed by atoms with Crippen LogP contribution < -0.4 is 0 Å². The summed E-state index contributed by atoms with van der Waals surface area (Å²) in [6.45, 7) is 4.62. The molecule has 0 aliphatic heterocycles. The fourth-order valence-electron chi connectivity index (χ4n) is 3.15. The summed E-state index contributed by atoms with van der Waals surface area (Å²) in [5, 5.41) is 10.2. The SMILES string of the molecule is CC(c1cccc(O)c1C(C)C1CC1)C1CC1. The van der Waals surface area contributed by atoms with Crippen LogP contribution in [0.25, 0.3) is 0 Å². The van der Waals surface area contributed by atoms with Gasteiger partial charge in [-0.2, -0.15) is 0 Å². The number of benzene rings is 1. The first-order valence-corrected chi connectivity index (χ1v) is 7.00. The highest BCUT2D eigenvalue weighted by atomic mass is 16.3. The molecular weight excluding hydrogens is 208 g/mol. The molecule has 1 aromatic carbocycles. The Morgan fingerprint density at radius 2 is 1.59 bits per heavy atom. The smallest absolute Gasteiger partial charge is 0.119 e. The first kappa shape index (κ1) is 11.1. The lowest BCUT2D eigenvalue weighted by Crippen LogP contribution is -2.06. The maximum atomic E-state index is 10.2. The van der Waals surface area contributed by atoms with Crippen LogP contribution in [0, 0.1) is 11.8 Å². The third kappa shape index (κ3) is 2.08. The highest BCUT2D eigenvalue weighted by Crippen LogP contribution is 2.50. The fourth-order valence-corrected chi connectivity index (χ4v) is 3.15. The van der Waals surface area contributed by atoms with Crippen molar-refractivity contribution in [1.29, 1.82) is 0 Å². The Labute approximate surface area is 104 Å². The Bertz CT molecular complexity index is 416. The van der Waals surface area contributed by atoms with Crippen LogP contribution in [0.5, 0.6) is 5.75 Å². The minimum atomic E-state index is 0.523. The van der Waals surface area contributed by atoms with Crippen LogP contribution >= 0.6 is 0 Å². The molecule has 92 valence electrons. The summed E-state index contributed by atoms with van der Waals surface area (Å²) >= 11 is 0. The van der Waals surface area contributed by atoms with Crippen molar-refractivity contribution in [2.24, 2.45) is 11.8 Å². The van der Waals surface area contributed by atoms with Crippen molar-refractivity contribution in [2.45, 2.75) is 51.4 Å². The molecular formula is C16H22O. The predicted octanol–water partition coefficient (Wildman–Crippen LogP) is 4.42. The standard InChI is InChI=1S/C16H22O/c1-10(12-6-7-12)14-4-3-5-15(17)16(14)11(2)13-8-9-13/h3-5,10-13,17H,6-9H2,1-2H3. The van der Waals surface area contributed by atoms with E-state index in [-0.39, 0.29) is 0 Å². The second-order valence-corrected chi connectivity index (χ2v) is 6.03. The quantitative estimate of drug-likeness (QED) is 0.811. The zero-order valence-electron chi connectivity index (χ0n) is 10.8. The van der Waals surface area contributed by atoms with Gasteiger partial charge >= 0.3 is 0 Å². The minimum absolute atomic E-state index is 0.523. The molecule has 1 nitrogen and oxygen atoms in total. The summed E-state index contributed by atoms with van der Waals surface area (Å²) in [5.74, 6) is 3.36. The predicted molar refractivity (Wildman–Crippen MR) is 70.4 cm³/mol. The highest BCUT2D eigenvalue weighted by molar-refractivity contribution is 5.44. The van der Waals surface area contributed by atoms with E-state index in [0.29, 0.717) is 17.6 Å². The number of rotatable bonds is 4. The summed E-state index contributed by atoms with van der Waals surface area (Å²) in [6.07, 6.45) is 5.42. The van der Waals surface area contributed by atoms with Crippen LogP contribution in [0.15, 0.2) is 18.2 Å². The molecule has 0 saturated heterocycles. The molecule has 0 amide bonds. The lowest BCUT2D eigenvalue weighted by molar-refractivity contribution is 0.454. The Hall–Kier alpha value is -0.980. The molecule has 1 N–H and O–H groups in total. The van der Waals surface area contributed by atoms with E-state index in [4.69, 9.17) is 0 Å². The maximum Gasteiger partial charge on any atom is 0.119 e. The molecule has 2 aliphatic rings. The molecule has 1 aromatic rings. The lowest BCUT2D eigenvalue weighted by Gasteiger charge is -2.21. The lowest BCUT2D eigenvalue weighted by atomic mass is 9.84. The Morgan fingerprint density at radius 1 is 1.00 bits per heavy atom. The molecule has 0 bridgehead atoms. The van der Waals surface area contributed by atoms with Gasteiger partial charge in [0.25, 0.3) is 0 Å². The molecule has 0 radical (unpaired) electrons. The fraction of sp³-hybridized carbons (Fsp3) is 0.625. The molecule has 17 heavy (non-hydrogen) atoms. The second kappa shape index (κ2) is 4.04. The highest BCUT2D eigenvalue weighted by Gasteiger charge is 2.35. The van der Waals surface area contributed by atoms with E-state index >= 15 is 0 Å². The molecule has 3 rings (SSSR count). The van der Waals surface area contributed by atoms with Gasteiger partial charge in [0.1, 0.15) is 5.75 Å². The van der Waals surface area contributed by atoms with E-state index in [9.17, 15) is 5.11 Å². The zero-order chi connectivity index (χ0) is 12.0. The molecule has 0 spiro atoms. The van der Waals surface area contributed by atoms with Crippen LogP contribution in [-0.4, -0.2) is 5.11 Å². The summed E-state index contributed by atoms with van der Waals surface area (Å²) in [6, 6.07) is 6.10. The number of hydrogen-bond acceptors (Lipinski definition) is 1. The zero-order valence-corrected chi connectivity index (χ0v) is 10.8. The van der Waals surface area contributed by atoms with Crippen molar-refractivity contribution in [1.82, 2.24) is 0 Å². The molecule has 0 heterocycles. The van der Waals surface area contributed by atoms with Gasteiger partial charge in [-0.25, -0.2) is 0 Å². The van der Waals surface area contributed by atoms with Crippen molar-refractivity contribution in [3.05, 3.63) is 29.3 Å². The van der Waals surface area contributed by atoms with E-state index in [1.54, 1.807) is 0 Å². The van der Waals surface area contributed by atoms with E-state index in [0.717, 1.165) is 11.8 Å². The Morgan fingerprint density at radius 3 is 2.18 bits per heavy atom. The average molecular weight is 230 g/mol.